The van der Waals surface area contributed by atoms with Crippen LogP contribution in [0.4, 0.5) is 0 Å². The molecule has 0 spiro atoms. The van der Waals surface area contributed by atoms with Gasteiger partial charge < -0.3 is 21.0 Å². The maximum Gasteiger partial charge on any atom is 0.156 e. The maximum absolute atomic E-state index is 8.56. The Morgan fingerprint density at radius 2 is 2.18 bits per heavy atom. The van der Waals surface area contributed by atoms with Crippen LogP contribution in [-0.4, -0.2) is 30.2 Å². The van der Waals surface area contributed by atoms with Gasteiger partial charge in [-0.15, -0.1) is 0 Å². The molecular formula is C12H19N3O2. The van der Waals surface area contributed by atoms with E-state index >= 15 is 0 Å². The van der Waals surface area contributed by atoms with E-state index in [1.807, 2.05) is 37.3 Å². The molecule has 0 radical (unpaired) electrons. The van der Waals surface area contributed by atoms with Crippen molar-refractivity contribution >= 4 is 5.84 Å². The zero-order valence-corrected chi connectivity index (χ0v) is 9.97. The van der Waals surface area contributed by atoms with Gasteiger partial charge in [-0.2, -0.15) is 0 Å². The molecule has 1 rings (SSSR count). The van der Waals surface area contributed by atoms with E-state index < -0.39 is 0 Å². The monoisotopic (exact) mass is 237 g/mol. The van der Waals surface area contributed by atoms with Crippen molar-refractivity contribution in [1.82, 2.24) is 5.32 Å². The topological polar surface area (TPSA) is 79.9 Å². The standard InChI is InChI=1S/C12H19N3O2/c1-2-11(12(13)15-16)14-8-9-17-10-6-4-3-5-7-10/h3-7,11,14,16H,2,8-9H2,1H3,(H2,13,15). The molecule has 0 aliphatic heterocycles. The van der Waals surface area contributed by atoms with Gasteiger partial charge in [0.25, 0.3) is 0 Å². The fourth-order valence-electron chi connectivity index (χ4n) is 1.45. The first-order valence-electron chi connectivity index (χ1n) is 5.66. The molecule has 0 bridgehead atoms. The Labute approximate surface area is 101 Å². The highest BCUT2D eigenvalue weighted by atomic mass is 16.5. The molecule has 0 amide bonds. The first-order valence-corrected chi connectivity index (χ1v) is 5.66. The van der Waals surface area contributed by atoms with E-state index in [4.69, 9.17) is 15.7 Å². The summed E-state index contributed by atoms with van der Waals surface area (Å²) in [6.07, 6.45) is 0.765. The summed E-state index contributed by atoms with van der Waals surface area (Å²) >= 11 is 0. The summed E-state index contributed by atoms with van der Waals surface area (Å²) in [7, 11) is 0. The number of para-hydroxylation sites is 1. The van der Waals surface area contributed by atoms with Gasteiger partial charge in [-0.25, -0.2) is 0 Å². The van der Waals surface area contributed by atoms with E-state index in [-0.39, 0.29) is 11.9 Å². The zero-order chi connectivity index (χ0) is 12.5. The largest absolute Gasteiger partial charge is 0.492 e. The fourth-order valence-corrected chi connectivity index (χ4v) is 1.45. The van der Waals surface area contributed by atoms with E-state index in [1.54, 1.807) is 0 Å². The Bertz CT molecular complexity index is 341. The van der Waals surface area contributed by atoms with Crippen LogP contribution < -0.4 is 15.8 Å². The molecular weight excluding hydrogens is 218 g/mol. The molecule has 1 unspecified atom stereocenters. The number of hydrogen-bond acceptors (Lipinski definition) is 4. The van der Waals surface area contributed by atoms with Gasteiger partial charge in [0.1, 0.15) is 12.4 Å². The Kier molecular flexibility index (Phi) is 5.88. The minimum absolute atomic E-state index is 0.112. The van der Waals surface area contributed by atoms with Crippen LogP contribution in [-0.2, 0) is 0 Å². The summed E-state index contributed by atoms with van der Waals surface area (Å²) in [5.41, 5.74) is 5.52. The van der Waals surface area contributed by atoms with E-state index in [9.17, 15) is 0 Å². The molecule has 0 aliphatic carbocycles. The van der Waals surface area contributed by atoms with Crippen molar-refractivity contribution in [3.63, 3.8) is 0 Å². The maximum atomic E-state index is 8.56. The van der Waals surface area contributed by atoms with Crippen LogP contribution >= 0.6 is 0 Å². The van der Waals surface area contributed by atoms with Gasteiger partial charge >= 0.3 is 0 Å². The van der Waals surface area contributed by atoms with Crippen LogP contribution in [0.1, 0.15) is 13.3 Å². The lowest BCUT2D eigenvalue weighted by molar-refractivity contribution is 0.302. The predicted octanol–water partition coefficient (Wildman–Crippen LogP) is 1.18. The molecule has 17 heavy (non-hydrogen) atoms. The number of benzene rings is 1. The van der Waals surface area contributed by atoms with Crippen molar-refractivity contribution in [2.45, 2.75) is 19.4 Å². The molecule has 94 valence electrons. The van der Waals surface area contributed by atoms with Gasteiger partial charge in [-0.3, -0.25) is 0 Å². The number of rotatable bonds is 7. The molecule has 0 heterocycles. The lowest BCUT2D eigenvalue weighted by Gasteiger charge is -2.15. The third kappa shape index (κ3) is 4.74. The van der Waals surface area contributed by atoms with Crippen molar-refractivity contribution in [1.29, 1.82) is 0 Å². The summed E-state index contributed by atoms with van der Waals surface area (Å²) in [4.78, 5) is 0. The van der Waals surface area contributed by atoms with Crippen molar-refractivity contribution in [3.05, 3.63) is 30.3 Å². The molecule has 0 aliphatic rings. The quantitative estimate of drug-likeness (QED) is 0.219. The average molecular weight is 237 g/mol. The van der Waals surface area contributed by atoms with Gasteiger partial charge in [-0.1, -0.05) is 30.3 Å². The number of oxime groups is 1. The van der Waals surface area contributed by atoms with Crippen molar-refractivity contribution in [3.8, 4) is 5.75 Å². The molecule has 0 saturated heterocycles. The molecule has 1 aromatic rings. The smallest absolute Gasteiger partial charge is 0.156 e. The number of amidine groups is 1. The van der Waals surface area contributed by atoms with Crippen LogP contribution in [0.5, 0.6) is 5.75 Å². The van der Waals surface area contributed by atoms with E-state index in [0.717, 1.165) is 12.2 Å². The van der Waals surface area contributed by atoms with Gasteiger partial charge in [0, 0.05) is 6.54 Å². The summed E-state index contributed by atoms with van der Waals surface area (Å²) in [6.45, 7) is 3.15. The highest BCUT2D eigenvalue weighted by Gasteiger charge is 2.09. The average Bonchev–Trinajstić information content (AvgIpc) is 2.39. The van der Waals surface area contributed by atoms with Crippen LogP contribution in [0.25, 0.3) is 0 Å². The molecule has 1 aromatic carbocycles. The van der Waals surface area contributed by atoms with Crippen molar-refractivity contribution < 1.29 is 9.94 Å². The second-order valence-electron chi connectivity index (χ2n) is 3.60. The van der Waals surface area contributed by atoms with Crippen molar-refractivity contribution in [2.24, 2.45) is 10.9 Å². The zero-order valence-electron chi connectivity index (χ0n) is 9.97. The second kappa shape index (κ2) is 7.51. The SMILES string of the molecule is CCC(NCCOc1ccccc1)C(N)=NO. The Morgan fingerprint density at radius 1 is 1.47 bits per heavy atom. The van der Waals surface area contributed by atoms with Gasteiger partial charge in [0.2, 0.25) is 0 Å². The molecule has 5 heteroatoms. The first-order chi connectivity index (χ1) is 8.27. The Morgan fingerprint density at radius 3 is 2.76 bits per heavy atom. The van der Waals surface area contributed by atoms with Crippen LogP contribution in [0, 0.1) is 0 Å². The minimum Gasteiger partial charge on any atom is -0.492 e. The van der Waals surface area contributed by atoms with Crippen LogP contribution in [0.15, 0.2) is 35.5 Å². The summed E-state index contributed by atoms with van der Waals surface area (Å²) in [5.74, 6) is 1.04. The van der Waals surface area contributed by atoms with E-state index in [1.165, 1.54) is 0 Å². The number of nitrogens with two attached hydrogens (primary N) is 1. The number of nitrogens with zero attached hydrogens (tertiary/aromatic N) is 1. The molecule has 0 fully saturated rings. The summed E-state index contributed by atoms with van der Waals surface area (Å²) in [6, 6.07) is 9.49. The van der Waals surface area contributed by atoms with Crippen LogP contribution in [0.2, 0.25) is 0 Å². The number of nitrogens with one attached hydrogen (secondary N) is 1. The highest BCUT2D eigenvalue weighted by molar-refractivity contribution is 5.85. The Hall–Kier alpha value is -1.75. The third-order valence-corrected chi connectivity index (χ3v) is 2.39. The predicted molar refractivity (Wildman–Crippen MR) is 67.4 cm³/mol. The second-order valence-corrected chi connectivity index (χ2v) is 3.60. The lowest BCUT2D eigenvalue weighted by atomic mass is 10.2. The summed E-state index contributed by atoms with van der Waals surface area (Å²) < 4.78 is 5.51. The third-order valence-electron chi connectivity index (χ3n) is 2.39. The first kappa shape index (κ1) is 13.3. The van der Waals surface area contributed by atoms with Gasteiger partial charge in [0.05, 0.1) is 6.04 Å². The molecule has 5 nitrogen and oxygen atoms in total. The number of hydrogen-bond donors (Lipinski definition) is 3. The fraction of sp³-hybridized carbons (Fsp3) is 0.417. The lowest BCUT2D eigenvalue weighted by Crippen LogP contribution is -2.42. The minimum atomic E-state index is -0.112. The van der Waals surface area contributed by atoms with E-state index in [0.29, 0.717) is 13.2 Å². The van der Waals surface area contributed by atoms with Gasteiger partial charge in [-0.05, 0) is 18.6 Å². The molecule has 0 saturated carbocycles. The Balaban J connectivity index is 2.24. The van der Waals surface area contributed by atoms with Crippen LogP contribution in [0.3, 0.4) is 0 Å². The van der Waals surface area contributed by atoms with E-state index in [2.05, 4.69) is 10.5 Å². The molecule has 1 atom stereocenters. The van der Waals surface area contributed by atoms with Gasteiger partial charge in [0.15, 0.2) is 5.84 Å². The molecule has 0 aromatic heterocycles. The van der Waals surface area contributed by atoms with Crippen molar-refractivity contribution in [2.75, 3.05) is 13.2 Å². The molecule has 4 N–H and O–H groups in total. The summed E-state index contributed by atoms with van der Waals surface area (Å²) in [5, 5.41) is 14.7. The normalized spacial score (nSPS) is 13.4. The highest BCUT2D eigenvalue weighted by Crippen LogP contribution is 2.07. The number of ether oxygens (including phenoxy) is 1.